The second kappa shape index (κ2) is 9.69. The molecule has 41 heavy (non-hydrogen) atoms. The van der Waals surface area contributed by atoms with E-state index in [9.17, 15) is 23.9 Å². The molecule has 1 heterocycles. The predicted molar refractivity (Wildman–Crippen MR) is 158 cm³/mol. The molecule has 0 aliphatic heterocycles. The number of nitrogens with zero attached hydrogens (tertiary/aromatic N) is 1. The van der Waals surface area contributed by atoms with Gasteiger partial charge in [0.15, 0.2) is 0 Å². The number of fused-ring (bicyclic) bond motifs is 3. The molecule has 0 saturated heterocycles. The van der Waals surface area contributed by atoms with Crippen molar-refractivity contribution in [2.75, 3.05) is 0 Å². The Morgan fingerprint density at radius 1 is 1.15 bits per heavy atom. The van der Waals surface area contributed by atoms with Gasteiger partial charge < -0.3 is 15.8 Å². The van der Waals surface area contributed by atoms with E-state index in [2.05, 4.69) is 4.98 Å². The van der Waals surface area contributed by atoms with Gasteiger partial charge >= 0.3 is 5.69 Å². The van der Waals surface area contributed by atoms with Crippen molar-refractivity contribution in [1.82, 2.24) is 9.55 Å². The van der Waals surface area contributed by atoms with Crippen LogP contribution in [-0.2, 0) is 6.42 Å². The fraction of sp³-hybridized carbons (Fsp3) is 0.258. The van der Waals surface area contributed by atoms with E-state index in [-0.39, 0.29) is 32.6 Å². The summed E-state index contributed by atoms with van der Waals surface area (Å²) in [6.45, 7) is 3.61. The van der Waals surface area contributed by atoms with Crippen LogP contribution in [0.25, 0.3) is 33.3 Å². The van der Waals surface area contributed by atoms with Crippen molar-refractivity contribution in [2.24, 2.45) is 11.7 Å². The van der Waals surface area contributed by atoms with Crippen LogP contribution in [0.4, 0.5) is 4.39 Å². The molecule has 1 unspecified atom stereocenters. The Morgan fingerprint density at radius 2 is 1.88 bits per heavy atom. The molecule has 0 bridgehead atoms. The van der Waals surface area contributed by atoms with Crippen LogP contribution in [-0.4, -0.2) is 26.2 Å². The molecule has 0 radical (unpaired) electrons. The van der Waals surface area contributed by atoms with Gasteiger partial charge in [-0.05, 0) is 86.4 Å². The number of para-hydroxylation sites is 1. The van der Waals surface area contributed by atoms with Gasteiger partial charge in [-0.3, -0.25) is 9.59 Å². The van der Waals surface area contributed by atoms with Gasteiger partial charge in [-0.1, -0.05) is 47.0 Å². The lowest BCUT2D eigenvalue weighted by Crippen LogP contribution is -2.34. The van der Waals surface area contributed by atoms with Crippen LogP contribution < -0.4 is 17.0 Å². The first-order valence-corrected chi connectivity index (χ1v) is 14.0. The Balaban J connectivity index is 1.59. The van der Waals surface area contributed by atoms with Crippen LogP contribution in [0.2, 0.25) is 10.0 Å². The number of H-pyrrole nitrogens is 1. The van der Waals surface area contributed by atoms with Crippen LogP contribution in [0, 0.1) is 11.7 Å². The number of halogens is 3. The summed E-state index contributed by atoms with van der Waals surface area (Å²) >= 11 is 13.8. The van der Waals surface area contributed by atoms with Gasteiger partial charge in [-0.15, -0.1) is 0 Å². The van der Waals surface area contributed by atoms with Crippen molar-refractivity contribution in [3.05, 3.63) is 101 Å². The Hall–Kier alpha value is -3.72. The average Bonchev–Trinajstić information content (AvgIpc) is 3.28. The van der Waals surface area contributed by atoms with Gasteiger partial charge in [0.25, 0.3) is 5.56 Å². The maximum Gasteiger partial charge on any atom is 0.333 e. The third-order valence-electron chi connectivity index (χ3n) is 8.38. The fourth-order valence-electron chi connectivity index (χ4n) is 6.32. The number of benzene rings is 3. The molecule has 6 rings (SSSR count). The summed E-state index contributed by atoms with van der Waals surface area (Å²) in [6.07, 6.45) is 2.56. The lowest BCUT2D eigenvalue weighted by molar-refractivity contribution is 0.0123. The minimum Gasteiger partial charge on any atom is -0.390 e. The highest BCUT2D eigenvalue weighted by atomic mass is 35.5. The molecule has 0 spiro atoms. The van der Waals surface area contributed by atoms with Gasteiger partial charge in [0.1, 0.15) is 5.82 Å². The number of carbonyl (C=O) groups excluding carboxylic acids is 1. The molecule has 2 aliphatic carbocycles. The van der Waals surface area contributed by atoms with Gasteiger partial charge in [0, 0.05) is 21.7 Å². The van der Waals surface area contributed by atoms with Gasteiger partial charge in [0.2, 0.25) is 5.91 Å². The van der Waals surface area contributed by atoms with Gasteiger partial charge in [-0.25, -0.2) is 13.8 Å². The molecule has 0 saturated carbocycles. The van der Waals surface area contributed by atoms with E-state index in [4.69, 9.17) is 28.9 Å². The smallest absolute Gasteiger partial charge is 0.333 e. The highest BCUT2D eigenvalue weighted by Gasteiger charge is 2.38. The van der Waals surface area contributed by atoms with Crippen LogP contribution in [0.1, 0.15) is 54.6 Å². The lowest BCUT2D eigenvalue weighted by atomic mass is 9.75. The van der Waals surface area contributed by atoms with Crippen molar-refractivity contribution >= 4 is 45.6 Å². The molecule has 10 heteroatoms. The molecule has 1 atom stereocenters. The Morgan fingerprint density at radius 3 is 2.59 bits per heavy atom. The highest BCUT2D eigenvalue weighted by Crippen LogP contribution is 2.52. The van der Waals surface area contributed by atoms with E-state index in [1.165, 1.54) is 24.3 Å². The molecule has 3 aromatic carbocycles. The molecule has 4 aromatic rings. The minimum atomic E-state index is -0.860. The number of allylic oxidation sites excluding steroid dienone is 2. The van der Waals surface area contributed by atoms with Crippen molar-refractivity contribution in [2.45, 2.75) is 45.1 Å². The predicted octanol–water partition coefficient (Wildman–Crippen LogP) is 5.77. The molecule has 2 aliphatic rings. The number of carbonyl (C=O) groups is 1. The maximum absolute atomic E-state index is 14.3. The van der Waals surface area contributed by atoms with Crippen molar-refractivity contribution in [3.8, 4) is 16.8 Å². The third-order valence-corrected chi connectivity index (χ3v) is 9.07. The summed E-state index contributed by atoms with van der Waals surface area (Å²) in [7, 11) is 0. The summed E-state index contributed by atoms with van der Waals surface area (Å²) in [4.78, 5) is 41.4. The van der Waals surface area contributed by atoms with Crippen LogP contribution in [0.3, 0.4) is 0 Å². The number of aromatic amines is 1. The first-order chi connectivity index (χ1) is 19.4. The van der Waals surface area contributed by atoms with Gasteiger partial charge in [-0.2, -0.15) is 0 Å². The molecule has 4 N–H and O–H groups in total. The maximum atomic E-state index is 14.3. The van der Waals surface area contributed by atoms with E-state index < -0.39 is 28.6 Å². The van der Waals surface area contributed by atoms with E-state index >= 15 is 0 Å². The summed E-state index contributed by atoms with van der Waals surface area (Å²) in [5.74, 6) is -1.27. The number of rotatable bonds is 4. The number of primary amides is 1. The first-order valence-electron chi connectivity index (χ1n) is 13.2. The molecular formula is C31H26Cl2FN3O4. The first kappa shape index (κ1) is 27.4. The number of aromatic nitrogens is 2. The zero-order valence-electron chi connectivity index (χ0n) is 22.3. The zero-order chi connectivity index (χ0) is 29.4. The normalized spacial score (nSPS) is 16.7. The monoisotopic (exact) mass is 593 g/mol. The van der Waals surface area contributed by atoms with Crippen molar-refractivity contribution in [1.29, 1.82) is 0 Å². The summed E-state index contributed by atoms with van der Waals surface area (Å²) in [5.41, 5.74) is 8.28. The summed E-state index contributed by atoms with van der Waals surface area (Å²) in [6, 6.07) is 10.4. The van der Waals surface area contributed by atoms with Gasteiger partial charge in [0.05, 0.1) is 27.2 Å². The van der Waals surface area contributed by atoms with Crippen LogP contribution >= 0.6 is 23.2 Å². The summed E-state index contributed by atoms with van der Waals surface area (Å²) in [5, 5.41) is 11.0. The lowest BCUT2D eigenvalue weighted by Gasteiger charge is -2.33. The Labute approximate surface area is 244 Å². The largest absolute Gasteiger partial charge is 0.390 e. The number of hydrogen-bond donors (Lipinski definition) is 3. The SMILES string of the molecule is CC(C)(O)C1CCC2=C(Cc3c(C(N)=O)cc(Cl)c(-c4cccc(-n5c(=O)[nH]c6c(F)cccc6c5=O)c4Cl)c32)C1. The number of hydrogen-bond acceptors (Lipinski definition) is 4. The topological polar surface area (TPSA) is 118 Å². The molecule has 1 amide bonds. The molecule has 0 fully saturated rings. The molecule has 1 aromatic heterocycles. The average molecular weight is 594 g/mol. The molecule has 210 valence electrons. The number of nitrogens with two attached hydrogens (primary N) is 1. The number of amides is 1. The fourth-order valence-corrected chi connectivity index (χ4v) is 6.93. The Bertz CT molecular complexity index is 1950. The number of aliphatic hydroxyl groups is 1. The van der Waals surface area contributed by atoms with E-state index in [0.717, 1.165) is 39.3 Å². The van der Waals surface area contributed by atoms with Crippen molar-refractivity contribution < 1.29 is 14.3 Å². The van der Waals surface area contributed by atoms with Crippen molar-refractivity contribution in [3.63, 3.8) is 0 Å². The quantitative estimate of drug-likeness (QED) is 0.278. The highest BCUT2D eigenvalue weighted by molar-refractivity contribution is 6.38. The molecular weight excluding hydrogens is 568 g/mol. The number of nitrogens with one attached hydrogen (secondary N) is 1. The second-order valence-electron chi connectivity index (χ2n) is 11.2. The van der Waals surface area contributed by atoms with E-state index in [1.54, 1.807) is 26.0 Å². The Kier molecular flexibility index (Phi) is 6.48. The van der Waals surface area contributed by atoms with Crippen LogP contribution in [0.5, 0.6) is 0 Å². The zero-order valence-corrected chi connectivity index (χ0v) is 23.8. The van der Waals surface area contributed by atoms with Crippen LogP contribution in [0.15, 0.2) is 57.6 Å². The summed E-state index contributed by atoms with van der Waals surface area (Å²) < 4.78 is 15.2. The minimum absolute atomic E-state index is 0.00540. The van der Waals surface area contributed by atoms with E-state index in [1.807, 2.05) is 0 Å². The standard InChI is InChI=1S/C31H26Cl2FN3O4/c1-31(2,41)15-9-10-16-14(11-15)12-19-20(28(35)38)13-21(32)25(24(16)19)17-5-4-8-23(26(17)33)37-29(39)18-6-3-7-22(34)27(18)36-30(37)40/h3-8,13,15,41H,9-12H2,1-2H3,(H2,35,38)(H,36,40). The second-order valence-corrected chi connectivity index (χ2v) is 12.0. The van der Waals surface area contributed by atoms with E-state index in [0.29, 0.717) is 36.0 Å². The molecule has 7 nitrogen and oxygen atoms in total. The third kappa shape index (κ3) is 4.33.